The number of ether oxygens (including phenoxy) is 2. The van der Waals surface area contributed by atoms with Gasteiger partial charge in [0, 0.05) is 29.5 Å². The summed E-state index contributed by atoms with van der Waals surface area (Å²) in [6.45, 7) is 3.81. The van der Waals surface area contributed by atoms with Crippen LogP contribution in [0.4, 0.5) is 5.69 Å². The fourth-order valence-corrected chi connectivity index (χ4v) is 3.43. The summed E-state index contributed by atoms with van der Waals surface area (Å²) in [5.74, 6) is 0.570. The van der Waals surface area contributed by atoms with Gasteiger partial charge in [-0.05, 0) is 37.5 Å². The molecule has 0 aliphatic rings. The third-order valence-electron chi connectivity index (χ3n) is 4.79. The highest BCUT2D eigenvalue weighted by Crippen LogP contribution is 2.36. The molecule has 0 fully saturated rings. The zero-order valence-corrected chi connectivity index (χ0v) is 17.5. The van der Waals surface area contributed by atoms with Crippen molar-refractivity contribution in [3.8, 4) is 11.5 Å². The molecule has 1 heterocycles. The van der Waals surface area contributed by atoms with Crippen LogP contribution in [-0.4, -0.2) is 20.1 Å². The smallest absolute Gasteiger partial charge is 0.339 e. The van der Waals surface area contributed by atoms with Gasteiger partial charge in [-0.3, -0.25) is 4.79 Å². The van der Waals surface area contributed by atoms with Crippen molar-refractivity contribution in [2.75, 3.05) is 19.5 Å². The number of anilines is 1. The van der Waals surface area contributed by atoms with Crippen molar-refractivity contribution in [3.63, 3.8) is 0 Å². The van der Waals surface area contributed by atoms with Gasteiger partial charge in [-0.25, -0.2) is 4.79 Å². The van der Waals surface area contributed by atoms with Crippen molar-refractivity contribution in [2.24, 2.45) is 0 Å². The monoisotopic (exact) mass is 415 g/mol. The summed E-state index contributed by atoms with van der Waals surface area (Å²) < 4.78 is 15.9. The maximum Gasteiger partial charge on any atom is 0.339 e. The number of fused-ring (bicyclic) bond motifs is 1. The second-order valence-electron chi connectivity index (χ2n) is 6.73. The van der Waals surface area contributed by atoms with Crippen LogP contribution in [0.5, 0.6) is 11.5 Å². The number of rotatable bonds is 6. The Labute approximate surface area is 173 Å². The minimum Gasteiger partial charge on any atom is -0.495 e. The number of benzene rings is 2. The van der Waals surface area contributed by atoms with E-state index in [1.165, 1.54) is 14.2 Å². The van der Waals surface area contributed by atoms with Gasteiger partial charge in [0.25, 0.3) is 0 Å². The predicted octanol–water partition coefficient (Wildman–Crippen LogP) is 4.65. The minimum absolute atomic E-state index is 0.108. The van der Waals surface area contributed by atoms with Gasteiger partial charge in [-0.2, -0.15) is 0 Å². The maximum atomic E-state index is 12.5. The number of nitrogens with one attached hydrogen (secondary N) is 1. The molecule has 0 aliphatic carbocycles. The Morgan fingerprint density at radius 1 is 1.10 bits per heavy atom. The van der Waals surface area contributed by atoms with Crippen LogP contribution in [-0.2, 0) is 11.2 Å². The molecule has 0 aliphatic heterocycles. The summed E-state index contributed by atoms with van der Waals surface area (Å²) in [7, 11) is 2.97. The van der Waals surface area contributed by atoms with Crippen LogP contribution in [0.1, 0.15) is 23.1 Å². The van der Waals surface area contributed by atoms with E-state index in [1.54, 1.807) is 12.1 Å². The number of hydrogen-bond acceptors (Lipinski definition) is 5. The molecule has 1 aromatic heterocycles. The Morgan fingerprint density at radius 2 is 1.83 bits per heavy atom. The SMILES string of the molecule is COc1cc(NC(=O)CCc2c(C)c3ccc(C)cc3oc2=O)c(OC)cc1Cl. The van der Waals surface area contributed by atoms with E-state index >= 15 is 0 Å². The second kappa shape index (κ2) is 8.57. The lowest BCUT2D eigenvalue weighted by Crippen LogP contribution is -2.17. The van der Waals surface area contributed by atoms with E-state index < -0.39 is 5.63 Å². The van der Waals surface area contributed by atoms with Gasteiger partial charge >= 0.3 is 5.63 Å². The molecule has 0 bridgehead atoms. The lowest BCUT2D eigenvalue weighted by molar-refractivity contribution is -0.116. The van der Waals surface area contributed by atoms with Crippen LogP contribution in [0, 0.1) is 13.8 Å². The number of aryl methyl sites for hydroxylation is 2. The Bertz CT molecular complexity index is 1140. The molecular weight excluding hydrogens is 394 g/mol. The summed E-state index contributed by atoms with van der Waals surface area (Å²) in [5.41, 5.74) is 2.92. The number of halogens is 1. The first-order valence-electron chi connectivity index (χ1n) is 9.08. The van der Waals surface area contributed by atoms with E-state index in [0.29, 0.717) is 33.4 Å². The molecule has 152 valence electrons. The van der Waals surface area contributed by atoms with Gasteiger partial charge in [-0.15, -0.1) is 0 Å². The number of hydrogen-bond donors (Lipinski definition) is 1. The normalized spacial score (nSPS) is 10.8. The molecule has 3 aromatic rings. The van der Waals surface area contributed by atoms with Crippen molar-refractivity contribution in [1.29, 1.82) is 0 Å². The summed E-state index contributed by atoms with van der Waals surface area (Å²) in [6, 6.07) is 8.89. The molecule has 0 saturated heterocycles. The van der Waals surface area contributed by atoms with Crippen LogP contribution in [0.3, 0.4) is 0 Å². The highest BCUT2D eigenvalue weighted by atomic mass is 35.5. The third kappa shape index (κ3) is 4.38. The fourth-order valence-electron chi connectivity index (χ4n) is 3.20. The van der Waals surface area contributed by atoms with Crippen molar-refractivity contribution in [1.82, 2.24) is 0 Å². The highest BCUT2D eigenvalue weighted by Gasteiger charge is 2.16. The van der Waals surface area contributed by atoms with Gasteiger partial charge in [0.2, 0.25) is 5.91 Å². The van der Waals surface area contributed by atoms with Gasteiger partial charge in [0.05, 0.1) is 24.9 Å². The van der Waals surface area contributed by atoms with Crippen molar-refractivity contribution in [2.45, 2.75) is 26.7 Å². The van der Waals surface area contributed by atoms with Crippen molar-refractivity contribution in [3.05, 3.63) is 62.5 Å². The Balaban J connectivity index is 1.80. The van der Waals surface area contributed by atoms with Crippen LogP contribution >= 0.6 is 11.6 Å². The third-order valence-corrected chi connectivity index (χ3v) is 5.09. The van der Waals surface area contributed by atoms with E-state index in [9.17, 15) is 9.59 Å². The number of methoxy groups -OCH3 is 2. The first-order chi connectivity index (χ1) is 13.8. The largest absolute Gasteiger partial charge is 0.495 e. The average Bonchev–Trinajstić information content (AvgIpc) is 2.68. The van der Waals surface area contributed by atoms with Gasteiger partial charge in [-0.1, -0.05) is 23.7 Å². The second-order valence-corrected chi connectivity index (χ2v) is 7.14. The molecule has 0 atom stereocenters. The van der Waals surface area contributed by atoms with Crippen LogP contribution in [0.25, 0.3) is 11.0 Å². The fraction of sp³-hybridized carbons (Fsp3) is 0.273. The summed E-state index contributed by atoms with van der Waals surface area (Å²) >= 11 is 6.09. The molecule has 7 heteroatoms. The molecule has 0 unspecified atom stereocenters. The van der Waals surface area contributed by atoms with E-state index in [-0.39, 0.29) is 18.7 Å². The Kier molecular flexibility index (Phi) is 6.13. The van der Waals surface area contributed by atoms with Crippen LogP contribution in [0.2, 0.25) is 5.02 Å². The summed E-state index contributed by atoms with van der Waals surface area (Å²) in [5, 5.41) is 4.03. The minimum atomic E-state index is -0.417. The maximum absolute atomic E-state index is 12.5. The zero-order chi connectivity index (χ0) is 21.1. The first kappa shape index (κ1) is 20.7. The lowest BCUT2D eigenvalue weighted by atomic mass is 10.0. The van der Waals surface area contributed by atoms with Crippen molar-refractivity contribution >= 4 is 34.2 Å². The molecule has 2 aromatic carbocycles. The quantitative estimate of drug-likeness (QED) is 0.593. The molecule has 0 spiro atoms. The molecular formula is C22H22ClNO5. The van der Waals surface area contributed by atoms with Crippen LogP contribution in [0.15, 0.2) is 39.5 Å². The molecule has 0 radical (unpaired) electrons. The topological polar surface area (TPSA) is 77.8 Å². The van der Waals surface area contributed by atoms with E-state index in [1.807, 2.05) is 32.0 Å². The summed E-state index contributed by atoms with van der Waals surface area (Å²) in [6.07, 6.45) is 0.369. The number of carbonyl (C=O) groups excluding carboxylic acids is 1. The average molecular weight is 416 g/mol. The van der Waals surface area contributed by atoms with Crippen LogP contribution < -0.4 is 20.4 Å². The van der Waals surface area contributed by atoms with Gasteiger partial charge in [0.15, 0.2) is 0 Å². The predicted molar refractivity (Wildman–Crippen MR) is 113 cm³/mol. The Hall–Kier alpha value is -2.99. The van der Waals surface area contributed by atoms with E-state index in [0.717, 1.165) is 16.5 Å². The Morgan fingerprint density at radius 3 is 2.52 bits per heavy atom. The summed E-state index contributed by atoms with van der Waals surface area (Å²) in [4.78, 5) is 24.9. The lowest BCUT2D eigenvalue weighted by Gasteiger charge is -2.13. The first-order valence-corrected chi connectivity index (χ1v) is 9.46. The number of amides is 1. The molecule has 1 amide bonds. The van der Waals surface area contributed by atoms with E-state index in [2.05, 4.69) is 5.32 Å². The molecule has 6 nitrogen and oxygen atoms in total. The molecule has 3 rings (SSSR count). The molecule has 1 N–H and O–H groups in total. The molecule has 0 saturated carbocycles. The number of carbonyl (C=O) groups is 1. The highest BCUT2D eigenvalue weighted by molar-refractivity contribution is 6.32. The van der Waals surface area contributed by atoms with E-state index in [4.69, 9.17) is 25.5 Å². The standard InChI is InChI=1S/C22H22ClNO5/c1-12-5-6-14-13(2)15(22(26)29-18(14)9-12)7-8-21(25)24-17-11-19(27-3)16(23)10-20(17)28-4/h5-6,9-11H,7-8H2,1-4H3,(H,24,25). The molecule has 29 heavy (non-hydrogen) atoms. The van der Waals surface area contributed by atoms with Gasteiger partial charge in [0.1, 0.15) is 17.1 Å². The van der Waals surface area contributed by atoms with Crippen molar-refractivity contribution < 1.29 is 18.7 Å². The zero-order valence-electron chi connectivity index (χ0n) is 16.7. The van der Waals surface area contributed by atoms with Gasteiger partial charge < -0.3 is 19.2 Å².